The first-order valence-electron chi connectivity index (χ1n) is 6.99. The van der Waals surface area contributed by atoms with Crippen LogP contribution in [-0.2, 0) is 13.6 Å². The highest BCUT2D eigenvalue weighted by atomic mass is 15.2. The van der Waals surface area contributed by atoms with Crippen molar-refractivity contribution in [2.24, 2.45) is 7.05 Å². The summed E-state index contributed by atoms with van der Waals surface area (Å²) in [5, 5.41) is 7.83. The van der Waals surface area contributed by atoms with Crippen LogP contribution in [0.25, 0.3) is 0 Å². The first kappa shape index (κ1) is 13.8. The largest absolute Gasteiger partial charge is 0.333 e. The van der Waals surface area contributed by atoms with Crippen molar-refractivity contribution in [3.63, 3.8) is 0 Å². The predicted octanol–water partition coefficient (Wildman–Crippen LogP) is 2.12. The molecule has 0 aliphatic heterocycles. The predicted molar refractivity (Wildman–Crippen MR) is 75.9 cm³/mol. The maximum atomic E-state index is 4.54. The highest BCUT2D eigenvalue weighted by molar-refractivity contribution is 5.20. The van der Waals surface area contributed by atoms with Crippen LogP contribution in [0.4, 0.5) is 0 Å². The van der Waals surface area contributed by atoms with Gasteiger partial charge in [-0.15, -0.1) is 0 Å². The zero-order chi connectivity index (χ0) is 13.7. The maximum Gasteiger partial charge on any atom is 0.130 e. The Morgan fingerprint density at radius 2 is 2.16 bits per heavy atom. The molecule has 0 radical (unpaired) electrons. The number of nitrogens with one attached hydrogen (secondary N) is 1. The Kier molecular flexibility index (Phi) is 4.74. The molecule has 5 heteroatoms. The Bertz CT molecular complexity index is 499. The van der Waals surface area contributed by atoms with E-state index < -0.39 is 0 Å². The van der Waals surface area contributed by atoms with E-state index in [9.17, 15) is 0 Å². The topological polar surface area (TPSA) is 47.7 Å². The lowest BCUT2D eigenvalue weighted by Crippen LogP contribution is -2.26. The standard InChI is InChI=1S/C14H23N5/c1-4-6-15-13(12-10-17-18(3)11-12)14-16-7-9-19(14)8-5-2/h7,9-11,13,15H,4-6,8H2,1-3H3. The Balaban J connectivity index is 2.28. The highest BCUT2D eigenvalue weighted by Gasteiger charge is 2.19. The second-order valence-corrected chi connectivity index (χ2v) is 4.81. The van der Waals surface area contributed by atoms with Crippen LogP contribution in [0.2, 0.25) is 0 Å². The molecule has 0 aliphatic rings. The summed E-state index contributed by atoms with van der Waals surface area (Å²) in [6.45, 7) is 6.33. The fourth-order valence-electron chi connectivity index (χ4n) is 2.25. The monoisotopic (exact) mass is 261 g/mol. The van der Waals surface area contributed by atoms with Crippen LogP contribution in [0, 0.1) is 0 Å². The summed E-state index contributed by atoms with van der Waals surface area (Å²) >= 11 is 0. The van der Waals surface area contributed by atoms with E-state index in [-0.39, 0.29) is 6.04 Å². The lowest BCUT2D eigenvalue weighted by atomic mass is 10.1. The van der Waals surface area contributed by atoms with Gasteiger partial charge in [-0.3, -0.25) is 4.68 Å². The summed E-state index contributed by atoms with van der Waals surface area (Å²) in [5.74, 6) is 1.07. The van der Waals surface area contributed by atoms with E-state index in [2.05, 4.69) is 46.2 Å². The molecule has 19 heavy (non-hydrogen) atoms. The smallest absolute Gasteiger partial charge is 0.130 e. The Hall–Kier alpha value is -1.62. The van der Waals surface area contributed by atoms with Gasteiger partial charge in [0.25, 0.3) is 0 Å². The van der Waals surface area contributed by atoms with Crippen molar-refractivity contribution in [3.8, 4) is 0 Å². The summed E-state index contributed by atoms with van der Waals surface area (Å²) in [5.41, 5.74) is 1.17. The van der Waals surface area contributed by atoms with E-state index in [4.69, 9.17) is 0 Å². The third-order valence-corrected chi connectivity index (χ3v) is 3.13. The van der Waals surface area contributed by atoms with E-state index in [0.29, 0.717) is 0 Å². The van der Waals surface area contributed by atoms with Crippen LogP contribution in [0.1, 0.15) is 44.1 Å². The number of nitrogens with zero attached hydrogens (tertiary/aromatic N) is 4. The van der Waals surface area contributed by atoms with E-state index in [0.717, 1.165) is 31.8 Å². The Labute approximate surface area is 114 Å². The van der Waals surface area contributed by atoms with E-state index >= 15 is 0 Å². The van der Waals surface area contributed by atoms with Crippen LogP contribution in [0.5, 0.6) is 0 Å². The van der Waals surface area contributed by atoms with Gasteiger partial charge in [0.05, 0.1) is 12.2 Å². The molecule has 0 aliphatic carbocycles. The Morgan fingerprint density at radius 3 is 2.79 bits per heavy atom. The molecule has 0 aromatic carbocycles. The van der Waals surface area contributed by atoms with Gasteiger partial charge in [0, 0.05) is 37.7 Å². The van der Waals surface area contributed by atoms with Gasteiger partial charge < -0.3 is 9.88 Å². The average molecular weight is 261 g/mol. The molecule has 2 heterocycles. The minimum atomic E-state index is 0.121. The van der Waals surface area contributed by atoms with Gasteiger partial charge in [-0.05, 0) is 19.4 Å². The van der Waals surface area contributed by atoms with Gasteiger partial charge in [-0.2, -0.15) is 5.10 Å². The molecule has 2 rings (SSSR count). The van der Waals surface area contributed by atoms with Gasteiger partial charge in [0.15, 0.2) is 0 Å². The van der Waals surface area contributed by atoms with Crippen molar-refractivity contribution in [1.82, 2.24) is 24.6 Å². The van der Waals surface area contributed by atoms with Crippen LogP contribution in [0.3, 0.4) is 0 Å². The zero-order valence-corrected chi connectivity index (χ0v) is 12.0. The van der Waals surface area contributed by atoms with Crippen molar-refractivity contribution in [3.05, 3.63) is 36.2 Å². The number of hydrogen-bond acceptors (Lipinski definition) is 3. The molecule has 1 N–H and O–H groups in total. The lowest BCUT2D eigenvalue weighted by molar-refractivity contribution is 0.530. The zero-order valence-electron chi connectivity index (χ0n) is 12.0. The van der Waals surface area contributed by atoms with Crippen molar-refractivity contribution < 1.29 is 0 Å². The minimum Gasteiger partial charge on any atom is -0.333 e. The Morgan fingerprint density at radius 1 is 1.32 bits per heavy atom. The SMILES string of the molecule is CCCNC(c1cnn(C)c1)c1nccn1CCC. The molecule has 0 spiro atoms. The van der Waals surface area contributed by atoms with Gasteiger partial charge in [0.2, 0.25) is 0 Å². The summed E-state index contributed by atoms with van der Waals surface area (Å²) < 4.78 is 4.06. The maximum absolute atomic E-state index is 4.54. The average Bonchev–Trinajstić information content (AvgIpc) is 3.01. The summed E-state index contributed by atoms with van der Waals surface area (Å²) in [4.78, 5) is 4.54. The van der Waals surface area contributed by atoms with Gasteiger partial charge >= 0.3 is 0 Å². The normalized spacial score (nSPS) is 12.8. The van der Waals surface area contributed by atoms with Gasteiger partial charge in [-0.25, -0.2) is 4.98 Å². The fraction of sp³-hybridized carbons (Fsp3) is 0.571. The van der Waals surface area contributed by atoms with E-state index in [1.807, 2.05) is 24.1 Å². The van der Waals surface area contributed by atoms with Crippen LogP contribution < -0.4 is 5.32 Å². The van der Waals surface area contributed by atoms with Crippen molar-refractivity contribution >= 4 is 0 Å². The van der Waals surface area contributed by atoms with E-state index in [1.165, 1.54) is 5.56 Å². The molecule has 1 unspecified atom stereocenters. The molecular formula is C14H23N5. The molecule has 1 atom stereocenters. The number of rotatable bonds is 7. The molecular weight excluding hydrogens is 238 g/mol. The molecule has 0 bridgehead atoms. The van der Waals surface area contributed by atoms with Crippen LogP contribution in [0.15, 0.2) is 24.8 Å². The van der Waals surface area contributed by atoms with Crippen molar-refractivity contribution in [2.75, 3.05) is 6.54 Å². The number of aromatic nitrogens is 4. The van der Waals surface area contributed by atoms with Crippen molar-refractivity contribution in [1.29, 1.82) is 0 Å². The molecule has 0 fully saturated rings. The summed E-state index contributed by atoms with van der Waals surface area (Å²) in [6, 6.07) is 0.121. The molecule has 2 aromatic rings. The fourth-order valence-corrected chi connectivity index (χ4v) is 2.25. The summed E-state index contributed by atoms with van der Waals surface area (Å²) in [6.07, 6.45) is 10.1. The van der Waals surface area contributed by atoms with Crippen LogP contribution in [-0.4, -0.2) is 25.9 Å². The third kappa shape index (κ3) is 3.23. The molecule has 0 saturated carbocycles. The lowest BCUT2D eigenvalue weighted by Gasteiger charge is -2.18. The number of imidazole rings is 1. The third-order valence-electron chi connectivity index (χ3n) is 3.13. The number of hydrogen-bond donors (Lipinski definition) is 1. The minimum absolute atomic E-state index is 0.121. The second-order valence-electron chi connectivity index (χ2n) is 4.81. The quantitative estimate of drug-likeness (QED) is 0.830. The van der Waals surface area contributed by atoms with Gasteiger partial charge in [0.1, 0.15) is 5.82 Å². The molecule has 5 nitrogen and oxygen atoms in total. The molecule has 0 amide bonds. The van der Waals surface area contributed by atoms with E-state index in [1.54, 1.807) is 0 Å². The molecule has 104 valence electrons. The number of aryl methyl sites for hydroxylation is 2. The van der Waals surface area contributed by atoms with Crippen molar-refractivity contribution in [2.45, 2.75) is 39.3 Å². The second kappa shape index (κ2) is 6.52. The first-order chi connectivity index (χ1) is 9.26. The summed E-state index contributed by atoms with van der Waals surface area (Å²) in [7, 11) is 1.94. The molecule has 0 saturated heterocycles. The van der Waals surface area contributed by atoms with Gasteiger partial charge in [-0.1, -0.05) is 13.8 Å². The molecule has 2 aromatic heterocycles. The highest BCUT2D eigenvalue weighted by Crippen LogP contribution is 2.20. The first-order valence-corrected chi connectivity index (χ1v) is 6.99. The van der Waals surface area contributed by atoms with Crippen LogP contribution >= 0.6 is 0 Å².